The van der Waals surface area contributed by atoms with Crippen molar-refractivity contribution in [3.05, 3.63) is 48.0 Å². The minimum Gasteiger partial charge on any atom is -0.416 e. The number of thioether (sulfide) groups is 1. The lowest BCUT2D eigenvalue weighted by Gasteiger charge is -2.02. The third-order valence-electron chi connectivity index (χ3n) is 4.24. The molecular weight excluding hydrogens is 358 g/mol. The molecule has 0 N–H and O–H groups in total. The van der Waals surface area contributed by atoms with Gasteiger partial charge in [-0.2, -0.15) is 0 Å². The molecule has 0 unspecified atom stereocenters. The molecule has 0 amide bonds. The van der Waals surface area contributed by atoms with Gasteiger partial charge >= 0.3 is 0 Å². The van der Waals surface area contributed by atoms with Crippen molar-refractivity contribution in [1.82, 2.24) is 15.2 Å². The quantitative estimate of drug-likeness (QED) is 0.634. The van der Waals surface area contributed by atoms with Crippen LogP contribution in [-0.2, 0) is 22.0 Å². The lowest BCUT2D eigenvalue weighted by atomic mass is 10.1. The van der Waals surface area contributed by atoms with E-state index in [9.17, 15) is 8.42 Å². The molecule has 25 heavy (non-hydrogen) atoms. The Kier molecular flexibility index (Phi) is 4.47. The minimum absolute atomic E-state index is 0.0884. The molecule has 1 saturated heterocycles. The van der Waals surface area contributed by atoms with E-state index in [0.29, 0.717) is 29.7 Å². The van der Waals surface area contributed by atoms with Gasteiger partial charge in [-0.3, -0.25) is 4.98 Å². The fourth-order valence-corrected chi connectivity index (χ4v) is 5.53. The van der Waals surface area contributed by atoms with E-state index < -0.39 is 9.84 Å². The van der Waals surface area contributed by atoms with Gasteiger partial charge in [0.2, 0.25) is 5.89 Å². The smallest absolute Gasteiger partial charge is 0.276 e. The van der Waals surface area contributed by atoms with Crippen molar-refractivity contribution in [1.29, 1.82) is 0 Å². The maximum absolute atomic E-state index is 11.5. The maximum atomic E-state index is 11.5. The first-order chi connectivity index (χ1) is 12.1. The van der Waals surface area contributed by atoms with Crippen LogP contribution in [0.5, 0.6) is 0 Å². The molecule has 1 aliphatic rings. The Morgan fingerprint density at radius 2 is 2.04 bits per heavy atom. The molecule has 4 rings (SSSR count). The largest absolute Gasteiger partial charge is 0.416 e. The summed E-state index contributed by atoms with van der Waals surface area (Å²) < 4.78 is 28.7. The summed E-state index contributed by atoms with van der Waals surface area (Å²) in [7, 11) is -2.88. The van der Waals surface area contributed by atoms with E-state index in [1.165, 1.54) is 11.8 Å². The summed E-state index contributed by atoms with van der Waals surface area (Å²) >= 11 is 1.44. The summed E-state index contributed by atoms with van der Waals surface area (Å²) in [5, 5.41) is 9.68. The second-order valence-electron chi connectivity index (χ2n) is 6.22. The van der Waals surface area contributed by atoms with E-state index in [4.69, 9.17) is 4.42 Å². The highest BCUT2D eigenvalue weighted by molar-refractivity contribution is 7.98. The Hall–Kier alpha value is -1.93. The van der Waals surface area contributed by atoms with E-state index in [2.05, 4.69) is 21.2 Å². The number of para-hydroxylation sites is 1. The molecule has 3 heterocycles. The van der Waals surface area contributed by atoms with Crippen LogP contribution in [0.25, 0.3) is 10.9 Å². The van der Waals surface area contributed by atoms with Crippen molar-refractivity contribution in [3.8, 4) is 0 Å². The molecule has 1 aromatic carbocycles. The first-order valence-corrected chi connectivity index (χ1v) is 10.9. The van der Waals surface area contributed by atoms with Gasteiger partial charge in [-0.15, -0.1) is 10.2 Å². The Bertz CT molecular complexity index is 1000. The molecule has 0 bridgehead atoms. The van der Waals surface area contributed by atoms with Crippen molar-refractivity contribution >= 4 is 32.5 Å². The predicted octanol–water partition coefficient (Wildman–Crippen LogP) is 2.89. The van der Waals surface area contributed by atoms with Crippen LogP contribution in [0.4, 0.5) is 0 Å². The number of pyridine rings is 1. The number of sulfone groups is 1. The molecular formula is C17H17N3O3S2. The fraction of sp³-hybridized carbons (Fsp3) is 0.353. The molecule has 0 spiro atoms. The fourth-order valence-electron chi connectivity index (χ4n) is 2.98. The number of hydrogen-bond acceptors (Lipinski definition) is 7. The van der Waals surface area contributed by atoms with E-state index in [1.54, 1.807) is 0 Å². The average Bonchev–Trinajstić information content (AvgIpc) is 3.19. The number of benzene rings is 1. The number of aromatic nitrogens is 3. The highest BCUT2D eigenvalue weighted by Crippen LogP contribution is 2.25. The predicted molar refractivity (Wildman–Crippen MR) is 96.1 cm³/mol. The van der Waals surface area contributed by atoms with Crippen LogP contribution in [0.1, 0.15) is 18.0 Å². The van der Waals surface area contributed by atoms with Crippen LogP contribution < -0.4 is 0 Å². The number of fused-ring (bicyclic) bond motifs is 1. The van der Waals surface area contributed by atoms with Crippen LogP contribution in [0.15, 0.2) is 46.0 Å². The van der Waals surface area contributed by atoms with Crippen molar-refractivity contribution in [2.45, 2.75) is 23.8 Å². The van der Waals surface area contributed by atoms with Gasteiger partial charge in [0.05, 0.1) is 22.7 Å². The Morgan fingerprint density at radius 3 is 2.88 bits per heavy atom. The molecule has 1 aliphatic heterocycles. The summed E-state index contributed by atoms with van der Waals surface area (Å²) in [5.74, 6) is 1.73. The second kappa shape index (κ2) is 6.76. The summed E-state index contributed by atoms with van der Waals surface area (Å²) in [4.78, 5) is 4.62. The zero-order chi connectivity index (χ0) is 17.3. The molecule has 0 radical (unpaired) electrons. The van der Waals surface area contributed by atoms with E-state index in [0.717, 1.165) is 16.6 Å². The van der Waals surface area contributed by atoms with Gasteiger partial charge in [0, 0.05) is 17.6 Å². The summed E-state index contributed by atoms with van der Waals surface area (Å²) in [5.41, 5.74) is 1.92. The van der Waals surface area contributed by atoms with E-state index >= 15 is 0 Å². The maximum Gasteiger partial charge on any atom is 0.276 e. The van der Waals surface area contributed by atoms with Crippen molar-refractivity contribution in [3.63, 3.8) is 0 Å². The van der Waals surface area contributed by atoms with Crippen LogP contribution in [0.3, 0.4) is 0 Å². The molecule has 8 heteroatoms. The Morgan fingerprint density at radius 1 is 1.16 bits per heavy atom. The van der Waals surface area contributed by atoms with Gasteiger partial charge in [-0.1, -0.05) is 36.0 Å². The zero-order valence-electron chi connectivity index (χ0n) is 13.5. The lowest BCUT2D eigenvalue weighted by molar-refractivity contribution is 0.389. The molecule has 6 nitrogen and oxygen atoms in total. The van der Waals surface area contributed by atoms with Crippen LogP contribution in [0.2, 0.25) is 0 Å². The van der Waals surface area contributed by atoms with E-state index in [-0.39, 0.29) is 17.4 Å². The minimum atomic E-state index is -2.88. The number of rotatable bonds is 5. The van der Waals surface area contributed by atoms with Gasteiger partial charge < -0.3 is 4.42 Å². The van der Waals surface area contributed by atoms with Gasteiger partial charge in [-0.25, -0.2) is 8.42 Å². The summed E-state index contributed by atoms with van der Waals surface area (Å²) in [6.45, 7) is 0. The first-order valence-electron chi connectivity index (χ1n) is 8.08. The van der Waals surface area contributed by atoms with Crippen LogP contribution in [0, 0.1) is 5.92 Å². The normalized spacial score (nSPS) is 19.4. The zero-order valence-corrected chi connectivity index (χ0v) is 15.1. The Labute approximate surface area is 150 Å². The summed E-state index contributed by atoms with van der Waals surface area (Å²) in [6.07, 6.45) is 1.20. The molecule has 0 saturated carbocycles. The second-order valence-corrected chi connectivity index (χ2v) is 9.37. The van der Waals surface area contributed by atoms with Crippen LogP contribution >= 0.6 is 11.8 Å². The average molecular weight is 375 g/mol. The van der Waals surface area contributed by atoms with Gasteiger partial charge in [0.1, 0.15) is 0 Å². The van der Waals surface area contributed by atoms with Gasteiger partial charge in [0.15, 0.2) is 9.84 Å². The number of hydrogen-bond donors (Lipinski definition) is 0. The highest BCUT2D eigenvalue weighted by atomic mass is 32.2. The van der Waals surface area contributed by atoms with Crippen molar-refractivity contribution in [2.24, 2.45) is 5.92 Å². The molecule has 2 aromatic heterocycles. The molecule has 130 valence electrons. The molecule has 3 aromatic rings. The third-order valence-corrected chi connectivity index (χ3v) is 6.93. The van der Waals surface area contributed by atoms with Crippen molar-refractivity contribution in [2.75, 3.05) is 11.5 Å². The molecule has 1 fully saturated rings. The topological polar surface area (TPSA) is 86.0 Å². The van der Waals surface area contributed by atoms with Gasteiger partial charge in [-0.05, 0) is 24.5 Å². The number of nitrogens with zero attached hydrogens (tertiary/aromatic N) is 3. The first kappa shape index (κ1) is 16.5. The van der Waals surface area contributed by atoms with Crippen LogP contribution in [-0.4, -0.2) is 35.1 Å². The standard InChI is InChI=1S/C17H17N3O3S2/c21-25(22)8-7-12(11-25)9-16-19-20-17(23-16)24-10-14-6-5-13-3-1-2-4-15(13)18-14/h1-6,12H,7-11H2/t12-/m1/s1. The lowest BCUT2D eigenvalue weighted by Crippen LogP contribution is -2.07. The third kappa shape index (κ3) is 4.01. The highest BCUT2D eigenvalue weighted by Gasteiger charge is 2.29. The monoisotopic (exact) mass is 375 g/mol. The Balaban J connectivity index is 1.37. The summed E-state index contributed by atoms with van der Waals surface area (Å²) in [6, 6.07) is 12.0. The van der Waals surface area contributed by atoms with Gasteiger partial charge in [0.25, 0.3) is 5.22 Å². The van der Waals surface area contributed by atoms with E-state index in [1.807, 2.05) is 30.3 Å². The van der Waals surface area contributed by atoms with Crippen molar-refractivity contribution < 1.29 is 12.8 Å². The SMILES string of the molecule is O=S1(=O)CC[C@H](Cc2nnc(SCc3ccc4ccccc4n3)o2)C1. The molecule has 1 atom stereocenters. The molecule has 0 aliphatic carbocycles.